The Kier molecular flexibility index (Phi) is 3.11. The largest absolute Gasteiger partial charge is 0.478 e. The molecule has 1 aromatic heterocycles. The van der Waals surface area contributed by atoms with Crippen molar-refractivity contribution in [2.45, 2.75) is 6.92 Å². The van der Waals surface area contributed by atoms with E-state index in [-0.39, 0.29) is 10.6 Å². The maximum absolute atomic E-state index is 11.0. The highest BCUT2D eigenvalue weighted by Gasteiger charge is 2.11. The van der Waals surface area contributed by atoms with Crippen molar-refractivity contribution in [2.24, 2.45) is 0 Å². The lowest BCUT2D eigenvalue weighted by Gasteiger charge is -2.06. The van der Waals surface area contributed by atoms with Crippen LogP contribution in [0.1, 0.15) is 16.1 Å². The highest BCUT2D eigenvalue weighted by molar-refractivity contribution is 6.33. The van der Waals surface area contributed by atoms with Crippen LogP contribution in [0.3, 0.4) is 0 Å². The Morgan fingerprint density at radius 1 is 1.35 bits per heavy atom. The summed E-state index contributed by atoms with van der Waals surface area (Å²) < 4.78 is 0. The van der Waals surface area contributed by atoms with Gasteiger partial charge in [-0.05, 0) is 30.7 Å². The third kappa shape index (κ3) is 2.29. The van der Waals surface area contributed by atoms with Gasteiger partial charge in [0.2, 0.25) is 0 Å². The van der Waals surface area contributed by atoms with E-state index in [1.54, 1.807) is 24.4 Å². The maximum Gasteiger partial charge on any atom is 0.337 e. The molecule has 1 aromatic carbocycles. The van der Waals surface area contributed by atoms with Crippen molar-refractivity contribution in [1.29, 1.82) is 0 Å². The van der Waals surface area contributed by atoms with Crippen LogP contribution in [0.15, 0.2) is 36.5 Å². The molecule has 0 amide bonds. The van der Waals surface area contributed by atoms with E-state index in [9.17, 15) is 4.79 Å². The van der Waals surface area contributed by atoms with Gasteiger partial charge >= 0.3 is 5.97 Å². The fourth-order valence-corrected chi connectivity index (χ4v) is 1.84. The van der Waals surface area contributed by atoms with E-state index < -0.39 is 5.97 Å². The van der Waals surface area contributed by atoms with Crippen LogP contribution in [0.25, 0.3) is 11.1 Å². The van der Waals surface area contributed by atoms with Gasteiger partial charge in [0, 0.05) is 17.5 Å². The van der Waals surface area contributed by atoms with Crippen LogP contribution in [0.5, 0.6) is 0 Å². The van der Waals surface area contributed by atoms with Gasteiger partial charge in [0.05, 0.1) is 10.6 Å². The number of aromatic carboxylic acids is 1. The van der Waals surface area contributed by atoms with Crippen molar-refractivity contribution >= 4 is 17.6 Å². The van der Waals surface area contributed by atoms with Crippen molar-refractivity contribution in [3.8, 4) is 11.1 Å². The average Bonchev–Trinajstić information content (AvgIpc) is 2.30. The Balaban J connectivity index is 2.58. The fraction of sp³-hybridized carbons (Fsp3) is 0.0769. The molecule has 0 fully saturated rings. The van der Waals surface area contributed by atoms with Crippen molar-refractivity contribution in [1.82, 2.24) is 4.98 Å². The van der Waals surface area contributed by atoms with Gasteiger partial charge in [0.15, 0.2) is 0 Å². The lowest BCUT2D eigenvalue weighted by molar-refractivity contribution is 0.0697. The Morgan fingerprint density at radius 3 is 2.76 bits per heavy atom. The van der Waals surface area contributed by atoms with Crippen LogP contribution in [0.2, 0.25) is 5.02 Å². The topological polar surface area (TPSA) is 50.2 Å². The molecule has 2 rings (SSSR count). The first-order valence-electron chi connectivity index (χ1n) is 5.04. The molecule has 0 saturated heterocycles. The van der Waals surface area contributed by atoms with Crippen LogP contribution in [-0.2, 0) is 0 Å². The Hall–Kier alpha value is -1.87. The molecule has 0 aliphatic heterocycles. The van der Waals surface area contributed by atoms with E-state index in [4.69, 9.17) is 16.7 Å². The minimum absolute atomic E-state index is 0.104. The average molecular weight is 248 g/mol. The zero-order chi connectivity index (χ0) is 12.4. The number of hydrogen-bond acceptors (Lipinski definition) is 2. The first-order chi connectivity index (χ1) is 8.09. The normalized spacial score (nSPS) is 10.2. The maximum atomic E-state index is 11.0. The Labute approximate surface area is 104 Å². The molecule has 0 unspecified atom stereocenters. The number of pyridine rings is 1. The van der Waals surface area contributed by atoms with Crippen LogP contribution in [0, 0.1) is 6.92 Å². The summed E-state index contributed by atoms with van der Waals surface area (Å²) in [6.45, 7) is 1.88. The van der Waals surface area contributed by atoms with Gasteiger partial charge in [-0.15, -0.1) is 0 Å². The number of carboxylic acids is 1. The molecule has 86 valence electrons. The highest BCUT2D eigenvalue weighted by atomic mass is 35.5. The summed E-state index contributed by atoms with van der Waals surface area (Å²) in [5.41, 5.74) is 2.67. The molecule has 2 aromatic rings. The Morgan fingerprint density at radius 2 is 2.12 bits per heavy atom. The van der Waals surface area contributed by atoms with Gasteiger partial charge in [0.25, 0.3) is 0 Å². The quantitative estimate of drug-likeness (QED) is 0.885. The second kappa shape index (κ2) is 4.55. The molecule has 1 N–H and O–H groups in total. The number of aromatic nitrogens is 1. The fourth-order valence-electron chi connectivity index (χ4n) is 1.65. The lowest BCUT2D eigenvalue weighted by atomic mass is 10.0. The van der Waals surface area contributed by atoms with Crippen molar-refractivity contribution in [3.63, 3.8) is 0 Å². The van der Waals surface area contributed by atoms with Crippen LogP contribution in [-0.4, -0.2) is 16.1 Å². The van der Waals surface area contributed by atoms with Crippen molar-refractivity contribution < 1.29 is 9.90 Å². The number of aryl methyl sites for hydroxylation is 1. The smallest absolute Gasteiger partial charge is 0.337 e. The Bertz CT molecular complexity index is 581. The van der Waals surface area contributed by atoms with Gasteiger partial charge in [-0.3, -0.25) is 4.98 Å². The second-order valence-electron chi connectivity index (χ2n) is 3.64. The second-order valence-corrected chi connectivity index (χ2v) is 4.04. The standard InChI is InChI=1S/C13H10ClNO2/c1-8-10(3-2-6-15-8)9-4-5-12(14)11(7-9)13(16)17/h2-7H,1H3,(H,16,17). The molecule has 0 spiro atoms. The molecular weight excluding hydrogens is 238 g/mol. The molecule has 4 heteroatoms. The van der Waals surface area contributed by atoms with E-state index >= 15 is 0 Å². The summed E-state index contributed by atoms with van der Waals surface area (Å²) in [6, 6.07) is 8.66. The predicted molar refractivity (Wildman–Crippen MR) is 66.4 cm³/mol. The zero-order valence-electron chi connectivity index (χ0n) is 9.14. The molecule has 0 aliphatic carbocycles. The summed E-state index contributed by atoms with van der Waals surface area (Å²) in [5, 5.41) is 9.24. The van der Waals surface area contributed by atoms with Crippen LogP contribution >= 0.6 is 11.6 Å². The molecule has 3 nitrogen and oxygen atoms in total. The molecular formula is C13H10ClNO2. The summed E-state index contributed by atoms with van der Waals surface area (Å²) in [6.07, 6.45) is 1.70. The number of carboxylic acid groups (broad SMARTS) is 1. The number of carbonyl (C=O) groups is 1. The van der Waals surface area contributed by atoms with E-state index in [1.807, 2.05) is 19.1 Å². The monoisotopic (exact) mass is 247 g/mol. The summed E-state index contributed by atoms with van der Waals surface area (Å²) in [4.78, 5) is 15.2. The predicted octanol–water partition coefficient (Wildman–Crippen LogP) is 3.41. The zero-order valence-corrected chi connectivity index (χ0v) is 9.90. The molecule has 0 bridgehead atoms. The number of rotatable bonds is 2. The third-order valence-electron chi connectivity index (χ3n) is 2.51. The van der Waals surface area contributed by atoms with Crippen molar-refractivity contribution in [3.05, 3.63) is 52.8 Å². The van der Waals surface area contributed by atoms with E-state index in [1.165, 1.54) is 0 Å². The molecule has 0 aliphatic rings. The van der Waals surface area contributed by atoms with Gasteiger partial charge < -0.3 is 5.11 Å². The molecule has 0 radical (unpaired) electrons. The van der Waals surface area contributed by atoms with Gasteiger partial charge in [-0.25, -0.2) is 4.79 Å². The lowest BCUT2D eigenvalue weighted by Crippen LogP contribution is -1.98. The minimum atomic E-state index is -1.03. The van der Waals surface area contributed by atoms with E-state index in [2.05, 4.69) is 4.98 Å². The van der Waals surface area contributed by atoms with E-state index in [0.29, 0.717) is 0 Å². The molecule has 17 heavy (non-hydrogen) atoms. The third-order valence-corrected chi connectivity index (χ3v) is 2.84. The first kappa shape index (κ1) is 11.6. The van der Waals surface area contributed by atoms with Crippen molar-refractivity contribution in [2.75, 3.05) is 0 Å². The summed E-state index contributed by atoms with van der Waals surface area (Å²) in [7, 11) is 0. The van der Waals surface area contributed by atoms with Gasteiger partial charge in [-0.1, -0.05) is 23.7 Å². The van der Waals surface area contributed by atoms with E-state index in [0.717, 1.165) is 16.8 Å². The number of benzene rings is 1. The summed E-state index contributed by atoms with van der Waals surface area (Å²) in [5.74, 6) is -1.03. The van der Waals surface area contributed by atoms with Crippen LogP contribution < -0.4 is 0 Å². The van der Waals surface area contributed by atoms with Crippen LogP contribution in [0.4, 0.5) is 0 Å². The SMILES string of the molecule is Cc1ncccc1-c1ccc(Cl)c(C(=O)O)c1. The highest BCUT2D eigenvalue weighted by Crippen LogP contribution is 2.26. The number of hydrogen-bond donors (Lipinski definition) is 1. The molecule has 1 heterocycles. The molecule has 0 atom stereocenters. The molecule has 0 saturated carbocycles. The first-order valence-corrected chi connectivity index (χ1v) is 5.42. The summed E-state index contributed by atoms with van der Waals surface area (Å²) >= 11 is 5.82. The van der Waals surface area contributed by atoms with Gasteiger partial charge in [-0.2, -0.15) is 0 Å². The number of nitrogens with zero attached hydrogens (tertiary/aromatic N) is 1. The number of halogens is 1. The van der Waals surface area contributed by atoms with Gasteiger partial charge in [0.1, 0.15) is 0 Å². The minimum Gasteiger partial charge on any atom is -0.478 e.